The van der Waals surface area contributed by atoms with Gasteiger partial charge >= 0.3 is 25.8 Å². The molecular weight excluding hydrogens is 695 g/mol. The largest absolute Gasteiger partial charge is 4.00 e. The minimum atomic E-state index is -0.0145. The molecule has 0 radical (unpaired) electrons. The summed E-state index contributed by atoms with van der Waals surface area (Å²) in [6.45, 7) is 13.6. The fourth-order valence-corrected chi connectivity index (χ4v) is 7.30. The van der Waals surface area contributed by atoms with Gasteiger partial charge in [0.1, 0.15) is 0 Å². The van der Waals surface area contributed by atoms with Crippen LogP contribution >= 0.6 is 0 Å². The molecule has 0 fully saturated rings. The van der Waals surface area contributed by atoms with Gasteiger partial charge in [-0.2, -0.15) is 12.1 Å². The van der Waals surface area contributed by atoms with Gasteiger partial charge < -0.3 is 14.9 Å². The maximum Gasteiger partial charge on any atom is 4.00 e. The van der Waals surface area contributed by atoms with Crippen molar-refractivity contribution in [3.63, 3.8) is 0 Å². The Morgan fingerprint density at radius 2 is 0.886 bits per heavy atom. The van der Waals surface area contributed by atoms with Gasteiger partial charge in [0.2, 0.25) is 0 Å². The van der Waals surface area contributed by atoms with Gasteiger partial charge in [0.25, 0.3) is 0 Å². The fraction of sp³-hybridized carbons (Fsp3) is 0.256. The van der Waals surface area contributed by atoms with Crippen LogP contribution in [-0.2, 0) is 31.3 Å². The zero-order valence-electron chi connectivity index (χ0n) is 28.1. The van der Waals surface area contributed by atoms with Crippen LogP contribution in [0.3, 0.4) is 0 Å². The van der Waals surface area contributed by atoms with Gasteiger partial charge in [-0.1, -0.05) is 86.3 Å². The molecule has 0 aliphatic heterocycles. The van der Waals surface area contributed by atoms with Crippen molar-refractivity contribution in [2.24, 2.45) is 0 Å². The Morgan fingerprint density at radius 1 is 0.523 bits per heavy atom. The van der Waals surface area contributed by atoms with Crippen molar-refractivity contribution in [1.82, 2.24) is 0 Å². The second-order valence-electron chi connectivity index (χ2n) is 12.2. The third-order valence-electron chi connectivity index (χ3n) is 9.75. The summed E-state index contributed by atoms with van der Waals surface area (Å²) in [5.74, 6) is 0. The summed E-state index contributed by atoms with van der Waals surface area (Å²) in [6.07, 6.45) is 4.59. The van der Waals surface area contributed by atoms with Gasteiger partial charge in [-0.25, -0.2) is 0 Å². The van der Waals surface area contributed by atoms with Crippen LogP contribution < -0.4 is 0 Å². The molecule has 0 amide bonds. The summed E-state index contributed by atoms with van der Waals surface area (Å²) < 4.78 is 0. The molecule has 44 heavy (non-hydrogen) atoms. The molecule has 0 unspecified atom stereocenters. The number of rotatable bonds is 8. The van der Waals surface area contributed by atoms with E-state index < -0.39 is 0 Å². The van der Waals surface area contributed by atoms with E-state index in [2.05, 4.69) is 139 Å². The number of hydrogen-bond acceptors (Lipinski definition) is 0. The Hall–Kier alpha value is -3.03. The van der Waals surface area contributed by atoms with E-state index in [-0.39, 0.29) is 46.1 Å². The van der Waals surface area contributed by atoms with Crippen molar-refractivity contribution < 1.29 is 25.8 Å². The van der Waals surface area contributed by atoms with E-state index in [1.807, 2.05) is 0 Å². The molecule has 0 atom stereocenters. The summed E-state index contributed by atoms with van der Waals surface area (Å²) in [7, 11) is 0. The average Bonchev–Trinajstić information content (AvgIpc) is 3.61. The van der Waals surface area contributed by atoms with E-state index in [4.69, 9.17) is 0 Å². The predicted molar refractivity (Wildman–Crippen MR) is 192 cm³/mol. The first-order valence-electron chi connectivity index (χ1n) is 15.4. The molecule has 0 bridgehead atoms. The first kappa shape index (κ1) is 35.4. The number of benzene rings is 4. The van der Waals surface area contributed by atoms with Crippen LogP contribution in [0.4, 0.5) is 0 Å². The van der Waals surface area contributed by atoms with Crippen LogP contribution in [0.25, 0.3) is 43.8 Å². The van der Waals surface area contributed by atoms with Crippen molar-refractivity contribution in [2.45, 2.75) is 72.6 Å². The molecule has 224 valence electrons. The first-order valence-corrected chi connectivity index (χ1v) is 15.4. The third kappa shape index (κ3) is 5.98. The Balaban J connectivity index is 0.00000176. The van der Waals surface area contributed by atoms with Crippen molar-refractivity contribution in [3.8, 4) is 22.3 Å². The maximum absolute atomic E-state index is 2.53. The molecule has 0 saturated carbocycles. The quantitative estimate of drug-likeness (QED) is 0.108. The molecule has 0 aliphatic rings. The molecule has 0 heterocycles. The summed E-state index contributed by atoms with van der Waals surface area (Å²) in [4.78, 5) is 0. The van der Waals surface area contributed by atoms with E-state index in [9.17, 15) is 0 Å². The van der Waals surface area contributed by atoms with Crippen molar-refractivity contribution >= 4 is 21.5 Å². The van der Waals surface area contributed by atoms with Crippen LogP contribution in [-0.4, -0.2) is 0 Å². The Kier molecular flexibility index (Phi) is 11.6. The van der Waals surface area contributed by atoms with Crippen molar-refractivity contribution in [2.75, 3.05) is 0 Å². The molecule has 0 N–H and O–H groups in total. The fourth-order valence-electron chi connectivity index (χ4n) is 7.30. The minimum Gasteiger partial charge on any atom is -0.358 e. The maximum atomic E-state index is 2.53. The van der Waals surface area contributed by atoms with Gasteiger partial charge in [0.05, 0.1) is 0 Å². The third-order valence-corrected chi connectivity index (χ3v) is 9.75. The molecule has 1 heteroatoms. The van der Waals surface area contributed by atoms with Crippen LogP contribution in [0.5, 0.6) is 0 Å². The summed E-state index contributed by atoms with van der Waals surface area (Å²) >= 11 is 0. The van der Waals surface area contributed by atoms with Crippen LogP contribution in [0, 0.1) is 42.5 Å². The van der Waals surface area contributed by atoms with E-state index in [1.165, 1.54) is 77.2 Å². The second kappa shape index (κ2) is 14.4. The number of hydrogen-bond donors (Lipinski definition) is 0. The van der Waals surface area contributed by atoms with E-state index >= 15 is 0 Å². The summed E-state index contributed by atoms with van der Waals surface area (Å²) in [5, 5.41) is 5.45. The van der Waals surface area contributed by atoms with Crippen molar-refractivity contribution in [3.05, 3.63) is 145 Å². The van der Waals surface area contributed by atoms with Crippen LogP contribution in [0.15, 0.2) is 97.1 Å². The van der Waals surface area contributed by atoms with Gasteiger partial charge in [0.15, 0.2) is 0 Å². The van der Waals surface area contributed by atoms with Crippen LogP contribution in [0.2, 0.25) is 0 Å². The van der Waals surface area contributed by atoms with Gasteiger partial charge in [-0.3, -0.25) is 0 Å². The monoisotopic (exact) mass is 744 g/mol. The molecule has 6 aromatic carbocycles. The van der Waals surface area contributed by atoms with Crippen molar-refractivity contribution in [1.29, 1.82) is 0 Å². The minimum absolute atomic E-state index is 0. The second-order valence-corrected chi connectivity index (χ2v) is 12.2. The SMILES string of the molecule is CCCC(CCC)(c1cc2c(-c3cccc(C)c3C)cccc2[cH-]1)c1cc2c(-c3cccc(C)c3C)cccc2[cH-]1.[CH3-].[CH3-].[Hf+4]. The van der Waals surface area contributed by atoms with Gasteiger partial charge in [-0.05, 0) is 79.3 Å². The number of aryl methyl sites for hydroxylation is 2. The zero-order valence-corrected chi connectivity index (χ0v) is 31.7. The topological polar surface area (TPSA) is 0 Å². The molecule has 0 saturated heterocycles. The normalized spacial score (nSPS) is 11.2. The van der Waals surface area contributed by atoms with E-state index in [0.29, 0.717) is 0 Å². The predicted octanol–water partition coefficient (Wildman–Crippen LogP) is 12.8. The number of fused-ring (bicyclic) bond motifs is 2. The average molecular weight is 743 g/mol. The Morgan fingerprint density at radius 3 is 1.27 bits per heavy atom. The van der Waals surface area contributed by atoms with Crippen LogP contribution in [0.1, 0.15) is 72.9 Å². The molecule has 6 aromatic rings. The molecular formula is C43H48Hf. The smallest absolute Gasteiger partial charge is 0.358 e. The zero-order chi connectivity index (χ0) is 28.7. The molecule has 6 rings (SSSR count). The molecule has 0 nitrogen and oxygen atoms in total. The first-order chi connectivity index (χ1) is 19.9. The summed E-state index contributed by atoms with van der Waals surface area (Å²) in [5.41, 5.74) is 13.8. The Bertz CT molecular complexity index is 1720. The molecule has 0 spiro atoms. The molecule has 0 aromatic heterocycles. The Labute approximate surface area is 286 Å². The van der Waals surface area contributed by atoms with E-state index in [0.717, 1.165) is 25.7 Å². The standard InChI is InChI=1S/C41H42.2CH3.Hf/c1-7-21-41(22-8-2,33-23-31-15-11-19-37(39(31)25-33)35-17-9-13-27(3)29(35)5)34-24-32-16-12-20-38(40(32)26-34)36-18-10-14-28(4)30(36)6;;;/h9-20,23-26H,7-8,21-22H2,1-6H3;2*1H3;/q-2;2*-1;+4. The van der Waals surface area contributed by atoms with Gasteiger partial charge in [0, 0.05) is 0 Å². The van der Waals surface area contributed by atoms with E-state index in [1.54, 1.807) is 0 Å². The van der Waals surface area contributed by atoms with Gasteiger partial charge in [-0.15, -0.1) is 69.1 Å². The summed E-state index contributed by atoms with van der Waals surface area (Å²) in [6, 6.07) is 37.1. The molecule has 0 aliphatic carbocycles.